The Bertz CT molecular complexity index is 926. The van der Waals surface area contributed by atoms with Crippen molar-refractivity contribution in [3.05, 3.63) is 57.5 Å². The monoisotopic (exact) mass is 311 g/mol. The average Bonchev–Trinajstić information content (AvgIpc) is 3.19. The summed E-state index contributed by atoms with van der Waals surface area (Å²) in [4.78, 5) is 27.9. The molecule has 8 nitrogen and oxygen atoms in total. The van der Waals surface area contributed by atoms with Gasteiger partial charge in [-0.15, -0.1) is 0 Å². The van der Waals surface area contributed by atoms with E-state index in [2.05, 4.69) is 15.2 Å². The Morgan fingerprint density at radius 1 is 1.39 bits per heavy atom. The SMILES string of the molecule is O=C(c1c[nH]c2cc([N+](=O)[O-])ccc12)N1CCc2[nH]ncc2C1. The van der Waals surface area contributed by atoms with E-state index in [-0.39, 0.29) is 11.6 Å². The number of hydrogen-bond acceptors (Lipinski definition) is 4. The predicted molar refractivity (Wildman–Crippen MR) is 82.0 cm³/mol. The van der Waals surface area contributed by atoms with E-state index in [1.807, 2.05) is 0 Å². The van der Waals surface area contributed by atoms with Gasteiger partial charge in [-0.05, 0) is 6.07 Å². The highest BCUT2D eigenvalue weighted by molar-refractivity contribution is 6.07. The molecule has 3 aromatic rings. The Morgan fingerprint density at radius 2 is 2.26 bits per heavy atom. The van der Waals surface area contributed by atoms with Gasteiger partial charge in [0.1, 0.15) is 0 Å². The van der Waals surface area contributed by atoms with Crippen molar-refractivity contribution in [2.75, 3.05) is 6.54 Å². The summed E-state index contributed by atoms with van der Waals surface area (Å²) in [5.41, 5.74) is 3.22. The number of amides is 1. The van der Waals surface area contributed by atoms with Crippen LogP contribution in [0.2, 0.25) is 0 Å². The van der Waals surface area contributed by atoms with E-state index in [9.17, 15) is 14.9 Å². The number of rotatable bonds is 2. The van der Waals surface area contributed by atoms with E-state index >= 15 is 0 Å². The van der Waals surface area contributed by atoms with Crippen LogP contribution in [0.25, 0.3) is 10.9 Å². The Kier molecular flexibility index (Phi) is 2.90. The molecule has 0 aliphatic carbocycles. The van der Waals surface area contributed by atoms with Gasteiger partial charge in [-0.2, -0.15) is 5.10 Å². The highest BCUT2D eigenvalue weighted by atomic mass is 16.6. The van der Waals surface area contributed by atoms with Crippen molar-refractivity contribution in [1.29, 1.82) is 0 Å². The molecule has 1 aromatic carbocycles. The molecule has 0 bridgehead atoms. The largest absolute Gasteiger partial charge is 0.360 e. The molecule has 2 aromatic heterocycles. The molecule has 8 heteroatoms. The lowest BCUT2D eigenvalue weighted by molar-refractivity contribution is -0.384. The van der Waals surface area contributed by atoms with Gasteiger partial charge >= 0.3 is 0 Å². The molecule has 1 amide bonds. The van der Waals surface area contributed by atoms with Crippen LogP contribution in [0.5, 0.6) is 0 Å². The van der Waals surface area contributed by atoms with E-state index in [1.54, 1.807) is 23.4 Å². The number of H-pyrrole nitrogens is 2. The molecule has 0 spiro atoms. The fraction of sp³-hybridized carbons (Fsp3) is 0.200. The van der Waals surface area contributed by atoms with Crippen LogP contribution in [0.1, 0.15) is 21.6 Å². The first kappa shape index (κ1) is 13.5. The highest BCUT2D eigenvalue weighted by Gasteiger charge is 2.25. The van der Waals surface area contributed by atoms with Gasteiger partial charge in [0.2, 0.25) is 0 Å². The Morgan fingerprint density at radius 3 is 3.09 bits per heavy atom. The molecule has 2 N–H and O–H groups in total. The summed E-state index contributed by atoms with van der Waals surface area (Å²) in [6.07, 6.45) is 4.10. The fourth-order valence-electron chi connectivity index (χ4n) is 2.97. The predicted octanol–water partition coefficient (Wildman–Crippen LogP) is 2.00. The van der Waals surface area contributed by atoms with Gasteiger partial charge in [0.05, 0.1) is 22.2 Å². The topological polar surface area (TPSA) is 108 Å². The number of benzene rings is 1. The Labute approximate surface area is 130 Å². The van der Waals surface area contributed by atoms with E-state index < -0.39 is 4.92 Å². The molecule has 1 aliphatic rings. The summed E-state index contributed by atoms with van der Waals surface area (Å²) in [5.74, 6) is -0.0862. The number of aromatic amines is 2. The number of carbonyl (C=O) groups excluding carboxylic acids is 1. The summed E-state index contributed by atoms with van der Waals surface area (Å²) in [6.45, 7) is 1.14. The van der Waals surface area contributed by atoms with Gasteiger partial charge < -0.3 is 9.88 Å². The van der Waals surface area contributed by atoms with E-state index in [1.165, 1.54) is 12.1 Å². The maximum Gasteiger partial charge on any atom is 0.271 e. The number of hydrogen-bond donors (Lipinski definition) is 2. The van der Waals surface area contributed by atoms with Crippen molar-refractivity contribution < 1.29 is 9.72 Å². The van der Waals surface area contributed by atoms with Crippen LogP contribution in [0.15, 0.2) is 30.6 Å². The fourth-order valence-corrected chi connectivity index (χ4v) is 2.97. The van der Waals surface area contributed by atoms with Crippen molar-refractivity contribution in [3.8, 4) is 0 Å². The molecular formula is C15H13N5O3. The van der Waals surface area contributed by atoms with Crippen LogP contribution >= 0.6 is 0 Å². The minimum atomic E-state index is -0.452. The molecule has 4 rings (SSSR count). The van der Waals surface area contributed by atoms with E-state index in [4.69, 9.17) is 0 Å². The van der Waals surface area contributed by atoms with Crippen LogP contribution in [0.3, 0.4) is 0 Å². The first-order valence-corrected chi connectivity index (χ1v) is 7.19. The van der Waals surface area contributed by atoms with Crippen LogP contribution < -0.4 is 0 Å². The van der Waals surface area contributed by atoms with E-state index in [0.717, 1.165) is 17.7 Å². The lowest BCUT2D eigenvalue weighted by atomic mass is 10.1. The molecule has 0 saturated heterocycles. The summed E-state index contributed by atoms with van der Waals surface area (Å²) >= 11 is 0. The zero-order chi connectivity index (χ0) is 16.0. The minimum Gasteiger partial charge on any atom is -0.360 e. The minimum absolute atomic E-state index is 0.000592. The van der Waals surface area contributed by atoms with Gasteiger partial charge in [0, 0.05) is 54.5 Å². The second-order valence-corrected chi connectivity index (χ2v) is 5.54. The molecule has 0 radical (unpaired) electrons. The van der Waals surface area contributed by atoms with Gasteiger partial charge in [-0.1, -0.05) is 0 Å². The quantitative estimate of drug-likeness (QED) is 0.557. The normalized spacial score (nSPS) is 14.0. The zero-order valence-electron chi connectivity index (χ0n) is 12.1. The summed E-state index contributed by atoms with van der Waals surface area (Å²) < 4.78 is 0. The molecule has 23 heavy (non-hydrogen) atoms. The Hall–Kier alpha value is -3.16. The average molecular weight is 311 g/mol. The van der Waals surface area contributed by atoms with Gasteiger partial charge in [0.15, 0.2) is 0 Å². The number of carbonyl (C=O) groups is 1. The first-order valence-electron chi connectivity index (χ1n) is 7.19. The number of nitrogens with one attached hydrogen (secondary N) is 2. The number of nitro groups is 1. The third-order valence-electron chi connectivity index (χ3n) is 4.19. The Balaban J connectivity index is 1.67. The molecule has 3 heterocycles. The first-order chi connectivity index (χ1) is 11.1. The van der Waals surface area contributed by atoms with E-state index in [0.29, 0.717) is 29.6 Å². The van der Waals surface area contributed by atoms with Crippen LogP contribution in [-0.4, -0.2) is 37.5 Å². The lowest BCUT2D eigenvalue weighted by Gasteiger charge is -2.26. The van der Waals surface area contributed by atoms with Crippen LogP contribution in [0.4, 0.5) is 5.69 Å². The standard InChI is InChI=1S/C15H13N5O3/c21-15(19-4-3-13-9(8-19)6-17-18-13)12-7-16-14-5-10(20(22)23)1-2-11(12)14/h1-2,5-7,16H,3-4,8H2,(H,17,18). The smallest absolute Gasteiger partial charge is 0.271 e. The molecule has 1 aliphatic heterocycles. The molecule has 116 valence electrons. The summed E-state index contributed by atoms with van der Waals surface area (Å²) in [7, 11) is 0. The lowest BCUT2D eigenvalue weighted by Crippen LogP contribution is -2.35. The van der Waals surface area contributed by atoms with Gasteiger partial charge in [-0.3, -0.25) is 20.0 Å². The van der Waals surface area contributed by atoms with Gasteiger partial charge in [0.25, 0.3) is 11.6 Å². The molecule has 0 saturated carbocycles. The second kappa shape index (κ2) is 4.94. The molecule has 0 atom stereocenters. The third kappa shape index (κ3) is 2.15. The van der Waals surface area contributed by atoms with Crippen molar-refractivity contribution in [2.45, 2.75) is 13.0 Å². The molecular weight excluding hydrogens is 298 g/mol. The number of fused-ring (bicyclic) bond motifs is 2. The second-order valence-electron chi connectivity index (χ2n) is 5.54. The van der Waals surface area contributed by atoms with Gasteiger partial charge in [-0.25, -0.2) is 0 Å². The highest BCUT2D eigenvalue weighted by Crippen LogP contribution is 2.26. The third-order valence-corrected chi connectivity index (χ3v) is 4.19. The van der Waals surface area contributed by atoms with Crippen molar-refractivity contribution in [3.63, 3.8) is 0 Å². The van der Waals surface area contributed by atoms with Crippen LogP contribution in [0, 0.1) is 10.1 Å². The maximum absolute atomic E-state index is 12.8. The van der Waals surface area contributed by atoms with Crippen molar-refractivity contribution in [2.24, 2.45) is 0 Å². The number of non-ortho nitro benzene ring substituents is 1. The number of aromatic nitrogens is 3. The maximum atomic E-state index is 12.8. The summed E-state index contributed by atoms with van der Waals surface area (Å²) in [6, 6.07) is 4.47. The van der Waals surface area contributed by atoms with Crippen molar-refractivity contribution in [1.82, 2.24) is 20.1 Å². The number of nitrogens with zero attached hydrogens (tertiary/aromatic N) is 3. The number of nitro benzene ring substituents is 1. The molecule has 0 fully saturated rings. The van der Waals surface area contributed by atoms with Crippen molar-refractivity contribution >= 4 is 22.5 Å². The summed E-state index contributed by atoms with van der Waals surface area (Å²) in [5, 5.41) is 18.5. The molecule has 0 unspecified atom stereocenters. The van der Waals surface area contributed by atoms with Crippen LogP contribution in [-0.2, 0) is 13.0 Å². The zero-order valence-corrected chi connectivity index (χ0v) is 12.1.